The Kier molecular flexibility index (Phi) is 2.79. The molecule has 1 aliphatic rings. The van der Waals surface area contributed by atoms with Gasteiger partial charge in [-0.3, -0.25) is 0 Å². The van der Waals surface area contributed by atoms with Crippen molar-refractivity contribution in [1.29, 1.82) is 0 Å². The highest BCUT2D eigenvalue weighted by Gasteiger charge is 2.21. The molecule has 0 aromatic heterocycles. The van der Waals surface area contributed by atoms with E-state index in [1.807, 2.05) is 12.1 Å². The maximum Gasteiger partial charge on any atom is 0.132 e. The first-order valence-corrected chi connectivity index (χ1v) is 6.59. The monoisotopic (exact) mass is 258 g/mol. The smallest absolute Gasteiger partial charge is 0.132 e. The zero-order valence-corrected chi connectivity index (χ0v) is 11.3. The average molecular weight is 259 g/mol. The van der Waals surface area contributed by atoms with Crippen molar-refractivity contribution in [3.63, 3.8) is 0 Å². The third kappa shape index (κ3) is 1.99. The summed E-state index contributed by atoms with van der Waals surface area (Å²) >= 11 is 6.52. The molecule has 1 nitrogen and oxygen atoms in total. The quantitative estimate of drug-likeness (QED) is 0.609. The summed E-state index contributed by atoms with van der Waals surface area (Å²) in [4.78, 5) is 0. The SMILES string of the molecule is Cc1ccc2c(c1)CC(Cl)c1cc(C)ccc1O2. The summed E-state index contributed by atoms with van der Waals surface area (Å²) in [6, 6.07) is 12.4. The highest BCUT2D eigenvalue weighted by atomic mass is 35.5. The topological polar surface area (TPSA) is 9.23 Å². The fourth-order valence-electron chi connectivity index (χ4n) is 2.39. The molecule has 0 radical (unpaired) electrons. The van der Waals surface area contributed by atoms with E-state index in [0.29, 0.717) is 0 Å². The van der Waals surface area contributed by atoms with Crippen LogP contribution in [0.25, 0.3) is 0 Å². The van der Waals surface area contributed by atoms with E-state index < -0.39 is 0 Å². The van der Waals surface area contributed by atoms with Gasteiger partial charge in [0.2, 0.25) is 0 Å². The fraction of sp³-hybridized carbons (Fsp3) is 0.250. The second-order valence-corrected chi connectivity index (χ2v) is 5.45. The van der Waals surface area contributed by atoms with Crippen molar-refractivity contribution in [1.82, 2.24) is 0 Å². The molecule has 0 saturated carbocycles. The molecule has 2 aromatic carbocycles. The molecule has 0 aliphatic carbocycles. The molecule has 0 fully saturated rings. The van der Waals surface area contributed by atoms with Gasteiger partial charge in [0.25, 0.3) is 0 Å². The standard InChI is InChI=1S/C16H15ClO/c1-10-3-5-15-12(7-10)9-14(17)13-8-11(2)4-6-16(13)18-15/h3-8,14H,9H2,1-2H3. The Morgan fingerprint density at radius 1 is 1.00 bits per heavy atom. The highest BCUT2D eigenvalue weighted by molar-refractivity contribution is 6.21. The van der Waals surface area contributed by atoms with Crippen molar-refractivity contribution in [3.8, 4) is 11.5 Å². The zero-order valence-electron chi connectivity index (χ0n) is 10.5. The molecule has 92 valence electrons. The van der Waals surface area contributed by atoms with Crippen LogP contribution in [0.1, 0.15) is 27.6 Å². The van der Waals surface area contributed by atoms with Gasteiger partial charge in [-0.25, -0.2) is 0 Å². The second-order valence-electron chi connectivity index (χ2n) is 4.93. The second kappa shape index (κ2) is 4.33. The molecular weight excluding hydrogens is 244 g/mol. The Morgan fingerprint density at radius 2 is 1.67 bits per heavy atom. The van der Waals surface area contributed by atoms with E-state index in [4.69, 9.17) is 16.3 Å². The van der Waals surface area contributed by atoms with Gasteiger partial charge in [-0.15, -0.1) is 11.6 Å². The van der Waals surface area contributed by atoms with E-state index in [1.165, 1.54) is 16.7 Å². The van der Waals surface area contributed by atoms with E-state index in [9.17, 15) is 0 Å². The number of benzene rings is 2. The first-order valence-electron chi connectivity index (χ1n) is 6.15. The maximum atomic E-state index is 6.52. The lowest BCUT2D eigenvalue weighted by Gasteiger charge is -2.10. The van der Waals surface area contributed by atoms with Crippen molar-refractivity contribution >= 4 is 11.6 Å². The molecule has 0 spiro atoms. The first kappa shape index (κ1) is 11.6. The number of ether oxygens (including phenoxy) is 1. The Morgan fingerprint density at radius 3 is 2.44 bits per heavy atom. The van der Waals surface area contributed by atoms with Crippen LogP contribution in [0, 0.1) is 13.8 Å². The average Bonchev–Trinajstić information content (AvgIpc) is 2.46. The summed E-state index contributed by atoms with van der Waals surface area (Å²) in [5.74, 6) is 1.80. The Labute approximate surface area is 112 Å². The van der Waals surface area contributed by atoms with Crippen LogP contribution < -0.4 is 4.74 Å². The van der Waals surface area contributed by atoms with Gasteiger partial charge in [0.05, 0.1) is 5.38 Å². The van der Waals surface area contributed by atoms with Crippen molar-refractivity contribution < 1.29 is 4.74 Å². The lowest BCUT2D eigenvalue weighted by Crippen LogP contribution is -1.94. The summed E-state index contributed by atoms with van der Waals surface area (Å²) in [6.45, 7) is 4.16. The van der Waals surface area contributed by atoms with E-state index in [-0.39, 0.29) is 5.38 Å². The van der Waals surface area contributed by atoms with Crippen LogP contribution in [0.3, 0.4) is 0 Å². The molecule has 0 amide bonds. The molecular formula is C16H15ClO. The Balaban J connectivity index is 2.13. The van der Waals surface area contributed by atoms with Gasteiger partial charge in [0, 0.05) is 5.56 Å². The van der Waals surface area contributed by atoms with E-state index >= 15 is 0 Å². The van der Waals surface area contributed by atoms with Gasteiger partial charge in [-0.2, -0.15) is 0 Å². The summed E-state index contributed by atoms with van der Waals surface area (Å²) < 4.78 is 6.00. The largest absolute Gasteiger partial charge is 0.457 e. The molecule has 1 atom stereocenters. The molecule has 0 N–H and O–H groups in total. The van der Waals surface area contributed by atoms with Crippen molar-refractivity contribution in [3.05, 3.63) is 58.7 Å². The molecule has 1 aliphatic heterocycles. The molecule has 1 heterocycles. The summed E-state index contributed by atoms with van der Waals surface area (Å²) in [5, 5.41) is -0.0250. The molecule has 1 unspecified atom stereocenters. The van der Waals surface area contributed by atoms with E-state index in [2.05, 4.69) is 38.1 Å². The van der Waals surface area contributed by atoms with Crippen LogP contribution in [-0.4, -0.2) is 0 Å². The van der Waals surface area contributed by atoms with Crippen LogP contribution in [0.15, 0.2) is 36.4 Å². The summed E-state index contributed by atoms with van der Waals surface area (Å²) in [7, 11) is 0. The molecule has 2 aromatic rings. The van der Waals surface area contributed by atoms with Crippen molar-refractivity contribution in [2.75, 3.05) is 0 Å². The number of hydrogen-bond donors (Lipinski definition) is 0. The number of aryl methyl sites for hydroxylation is 2. The fourth-order valence-corrected chi connectivity index (χ4v) is 2.73. The van der Waals surface area contributed by atoms with E-state index in [0.717, 1.165) is 23.5 Å². The van der Waals surface area contributed by atoms with Gasteiger partial charge in [0.1, 0.15) is 11.5 Å². The third-order valence-corrected chi connectivity index (χ3v) is 3.73. The van der Waals surface area contributed by atoms with Crippen LogP contribution in [0.4, 0.5) is 0 Å². The normalized spacial score (nSPS) is 17.4. The molecule has 18 heavy (non-hydrogen) atoms. The Bertz CT molecular complexity index is 604. The summed E-state index contributed by atoms with van der Waals surface area (Å²) in [6.07, 6.45) is 0.815. The minimum absolute atomic E-state index is 0.0250. The van der Waals surface area contributed by atoms with Crippen LogP contribution in [0.5, 0.6) is 11.5 Å². The minimum atomic E-state index is -0.0250. The molecule has 0 bridgehead atoms. The van der Waals surface area contributed by atoms with Gasteiger partial charge in [-0.1, -0.05) is 35.4 Å². The molecule has 2 heteroatoms. The molecule has 0 saturated heterocycles. The van der Waals surface area contributed by atoms with Crippen molar-refractivity contribution in [2.45, 2.75) is 25.6 Å². The van der Waals surface area contributed by atoms with Crippen LogP contribution in [0.2, 0.25) is 0 Å². The maximum absolute atomic E-state index is 6.52. The predicted octanol–water partition coefficient (Wildman–Crippen LogP) is 4.93. The van der Waals surface area contributed by atoms with Gasteiger partial charge < -0.3 is 4.74 Å². The number of hydrogen-bond acceptors (Lipinski definition) is 1. The molecule has 3 rings (SSSR count). The minimum Gasteiger partial charge on any atom is -0.457 e. The highest BCUT2D eigenvalue weighted by Crippen LogP contribution is 2.41. The number of alkyl halides is 1. The lowest BCUT2D eigenvalue weighted by molar-refractivity contribution is 0.479. The third-order valence-electron chi connectivity index (χ3n) is 3.34. The Hall–Kier alpha value is -1.47. The van der Waals surface area contributed by atoms with Crippen LogP contribution in [-0.2, 0) is 6.42 Å². The number of rotatable bonds is 0. The van der Waals surface area contributed by atoms with Crippen LogP contribution >= 0.6 is 11.6 Å². The van der Waals surface area contributed by atoms with E-state index in [1.54, 1.807) is 0 Å². The number of halogens is 1. The van der Waals surface area contributed by atoms with Gasteiger partial charge in [0.15, 0.2) is 0 Å². The summed E-state index contributed by atoms with van der Waals surface area (Å²) in [5.41, 5.74) is 4.72. The number of fused-ring (bicyclic) bond motifs is 2. The first-order chi connectivity index (χ1) is 8.63. The van der Waals surface area contributed by atoms with Gasteiger partial charge in [-0.05, 0) is 38.0 Å². The zero-order chi connectivity index (χ0) is 12.7. The van der Waals surface area contributed by atoms with Crippen molar-refractivity contribution in [2.24, 2.45) is 0 Å². The predicted molar refractivity (Wildman–Crippen MR) is 74.7 cm³/mol. The lowest BCUT2D eigenvalue weighted by atomic mass is 10.0. The van der Waals surface area contributed by atoms with Gasteiger partial charge >= 0.3 is 0 Å².